The molecule has 4 rings (SSSR count). The maximum absolute atomic E-state index is 12.5. The average molecular weight is 356 g/mol. The maximum Gasteiger partial charge on any atom is 0.239 e. The van der Waals surface area contributed by atoms with Crippen LogP contribution >= 0.6 is 0 Å². The summed E-state index contributed by atoms with van der Waals surface area (Å²) in [6.45, 7) is 1.24. The van der Waals surface area contributed by atoms with Crippen molar-refractivity contribution in [3.8, 4) is 0 Å². The lowest BCUT2D eigenvalue weighted by atomic mass is 9.72. The number of benzene rings is 1. The molecular formula is C18H24N6O2. The molecule has 2 aromatic rings. The fraction of sp³-hybridized carbons (Fsp3) is 0.500. The van der Waals surface area contributed by atoms with Gasteiger partial charge in [0.15, 0.2) is 0 Å². The molecule has 2 aliphatic rings. The van der Waals surface area contributed by atoms with Crippen LogP contribution < -0.4 is 11.5 Å². The lowest BCUT2D eigenvalue weighted by Gasteiger charge is -2.42. The van der Waals surface area contributed by atoms with Crippen molar-refractivity contribution in [1.82, 2.24) is 20.1 Å². The molecule has 2 heterocycles. The van der Waals surface area contributed by atoms with Crippen LogP contribution in [0.25, 0.3) is 0 Å². The number of fused-ring (bicyclic) bond motifs is 2. The predicted octanol–water partition coefficient (Wildman–Crippen LogP) is 0.254. The molecule has 1 amide bonds. The zero-order chi connectivity index (χ0) is 18.3. The largest absolute Gasteiger partial charge is 0.390 e. The number of aryl methyl sites for hydroxylation is 1. The van der Waals surface area contributed by atoms with E-state index in [1.807, 2.05) is 23.1 Å². The molecule has 1 aromatic carbocycles. The van der Waals surface area contributed by atoms with Gasteiger partial charge in [-0.3, -0.25) is 9.89 Å². The van der Waals surface area contributed by atoms with Crippen molar-refractivity contribution in [3.63, 3.8) is 0 Å². The molecule has 1 aliphatic heterocycles. The van der Waals surface area contributed by atoms with Gasteiger partial charge in [-0.1, -0.05) is 24.3 Å². The number of aromatic amines is 1. The number of carbonyl (C=O) groups is 1. The van der Waals surface area contributed by atoms with Gasteiger partial charge in [0, 0.05) is 31.3 Å². The lowest BCUT2D eigenvalue weighted by Crippen LogP contribution is -2.50. The minimum absolute atomic E-state index is 0.0832. The summed E-state index contributed by atoms with van der Waals surface area (Å²) in [5, 5.41) is 17.3. The average Bonchev–Trinajstić information content (AvgIpc) is 3.17. The topological polar surface area (TPSA) is 134 Å². The molecule has 8 heteroatoms. The zero-order valence-electron chi connectivity index (χ0n) is 14.6. The van der Waals surface area contributed by atoms with Gasteiger partial charge in [-0.2, -0.15) is 4.98 Å². The Morgan fingerprint density at radius 1 is 1.35 bits per heavy atom. The van der Waals surface area contributed by atoms with Crippen LogP contribution in [-0.4, -0.2) is 50.3 Å². The number of nitrogens with two attached hydrogens (primary N) is 2. The van der Waals surface area contributed by atoms with Gasteiger partial charge in [-0.05, 0) is 24.0 Å². The predicted molar refractivity (Wildman–Crippen MR) is 96.0 cm³/mol. The van der Waals surface area contributed by atoms with Crippen LogP contribution in [0.2, 0.25) is 0 Å². The van der Waals surface area contributed by atoms with Crippen LogP contribution in [0.1, 0.15) is 42.3 Å². The summed E-state index contributed by atoms with van der Waals surface area (Å²) >= 11 is 0. The molecule has 0 saturated carbocycles. The molecule has 0 radical (unpaired) electrons. The van der Waals surface area contributed by atoms with Crippen molar-refractivity contribution in [2.24, 2.45) is 5.73 Å². The number of rotatable bonds is 3. The summed E-state index contributed by atoms with van der Waals surface area (Å²) in [6, 6.07) is 7.66. The summed E-state index contributed by atoms with van der Waals surface area (Å²) in [5.41, 5.74) is 13.6. The lowest BCUT2D eigenvalue weighted by molar-refractivity contribution is -0.133. The number of nitrogen functional groups attached to an aromatic ring is 1. The van der Waals surface area contributed by atoms with Gasteiger partial charge in [-0.15, -0.1) is 5.10 Å². The number of likely N-dealkylation sites (tertiary alicyclic amines) is 1. The highest BCUT2D eigenvalue weighted by Crippen LogP contribution is 2.50. The van der Waals surface area contributed by atoms with Crippen molar-refractivity contribution >= 4 is 11.9 Å². The van der Waals surface area contributed by atoms with Gasteiger partial charge in [-0.25, -0.2) is 0 Å². The monoisotopic (exact) mass is 356 g/mol. The number of hydrogen-bond donors (Lipinski definition) is 4. The van der Waals surface area contributed by atoms with E-state index in [9.17, 15) is 9.90 Å². The van der Waals surface area contributed by atoms with E-state index in [-0.39, 0.29) is 23.3 Å². The van der Waals surface area contributed by atoms with Gasteiger partial charge >= 0.3 is 0 Å². The summed E-state index contributed by atoms with van der Waals surface area (Å²) in [6.07, 6.45) is 1.69. The number of carbonyl (C=O) groups excluding carboxylic acids is 1. The normalized spacial score (nSPS) is 24.0. The Hall–Kier alpha value is -2.45. The second-order valence-electron chi connectivity index (χ2n) is 7.24. The highest BCUT2D eigenvalue weighted by atomic mass is 16.3. The molecule has 0 bridgehead atoms. The first-order valence-corrected chi connectivity index (χ1v) is 8.99. The molecule has 1 aliphatic carbocycles. The first kappa shape index (κ1) is 17.0. The van der Waals surface area contributed by atoms with Crippen LogP contribution in [0.15, 0.2) is 24.3 Å². The van der Waals surface area contributed by atoms with E-state index < -0.39 is 6.10 Å². The second-order valence-corrected chi connectivity index (χ2v) is 7.24. The molecule has 138 valence electrons. The van der Waals surface area contributed by atoms with Gasteiger partial charge in [0.05, 0.1) is 12.1 Å². The van der Waals surface area contributed by atoms with Crippen molar-refractivity contribution < 1.29 is 9.90 Å². The highest BCUT2D eigenvalue weighted by Gasteiger charge is 2.51. The van der Waals surface area contributed by atoms with Crippen molar-refractivity contribution in [2.75, 3.05) is 18.8 Å². The summed E-state index contributed by atoms with van der Waals surface area (Å²) in [4.78, 5) is 18.4. The third-order valence-electron chi connectivity index (χ3n) is 5.90. The molecule has 0 unspecified atom stereocenters. The van der Waals surface area contributed by atoms with Crippen LogP contribution in [0.4, 0.5) is 5.95 Å². The van der Waals surface area contributed by atoms with E-state index in [0.717, 1.165) is 24.0 Å². The number of aliphatic hydroxyl groups is 1. The number of piperidine rings is 1. The Morgan fingerprint density at radius 3 is 2.77 bits per heavy atom. The molecule has 26 heavy (non-hydrogen) atoms. The van der Waals surface area contributed by atoms with E-state index in [1.54, 1.807) is 0 Å². The zero-order valence-corrected chi connectivity index (χ0v) is 14.6. The molecular weight excluding hydrogens is 332 g/mol. The molecule has 1 aromatic heterocycles. The van der Waals surface area contributed by atoms with Crippen molar-refractivity contribution in [3.05, 3.63) is 41.2 Å². The number of anilines is 1. The van der Waals surface area contributed by atoms with Crippen LogP contribution in [0.5, 0.6) is 0 Å². The van der Waals surface area contributed by atoms with E-state index in [2.05, 4.69) is 21.2 Å². The number of hydrogen-bond acceptors (Lipinski definition) is 6. The Labute approximate surface area is 151 Å². The van der Waals surface area contributed by atoms with Crippen LogP contribution in [-0.2, 0) is 16.6 Å². The number of nitrogens with one attached hydrogen (secondary N) is 1. The Balaban J connectivity index is 1.42. The summed E-state index contributed by atoms with van der Waals surface area (Å²) in [7, 11) is 0. The maximum atomic E-state index is 12.5. The molecule has 6 N–H and O–H groups in total. The quantitative estimate of drug-likeness (QED) is 0.623. The van der Waals surface area contributed by atoms with E-state index in [4.69, 9.17) is 11.5 Å². The van der Waals surface area contributed by atoms with Gasteiger partial charge in [0.25, 0.3) is 0 Å². The Bertz CT molecular complexity index is 812. The van der Waals surface area contributed by atoms with E-state index in [1.165, 1.54) is 0 Å². The third-order valence-corrected chi connectivity index (χ3v) is 5.90. The highest BCUT2D eigenvalue weighted by molar-refractivity contribution is 5.76. The second kappa shape index (κ2) is 6.37. The van der Waals surface area contributed by atoms with Crippen molar-refractivity contribution in [1.29, 1.82) is 0 Å². The first-order valence-electron chi connectivity index (χ1n) is 8.99. The molecule has 1 spiro atoms. The summed E-state index contributed by atoms with van der Waals surface area (Å²) < 4.78 is 0. The molecule has 1 fully saturated rings. The number of aliphatic hydroxyl groups excluding tert-OH is 1. The Morgan fingerprint density at radius 2 is 2.08 bits per heavy atom. The fourth-order valence-electron chi connectivity index (χ4n) is 4.44. The molecule has 2 atom stereocenters. The van der Waals surface area contributed by atoms with Gasteiger partial charge in [0.2, 0.25) is 11.9 Å². The number of amides is 1. The standard InChI is InChI=1S/C18H24N6O2/c19-15-11-3-1-2-4-12(11)18(16(15)26)7-9-24(10-8-18)14(25)6-5-13-21-17(20)23-22-13/h1-4,15-16,26H,5-10,19H2,(H3,20,21,22,23)/t15-,16+/m1/s1. The number of aromatic nitrogens is 3. The van der Waals surface area contributed by atoms with E-state index in [0.29, 0.717) is 31.8 Å². The van der Waals surface area contributed by atoms with E-state index >= 15 is 0 Å². The summed E-state index contributed by atoms with van der Waals surface area (Å²) in [5.74, 6) is 0.896. The van der Waals surface area contributed by atoms with Crippen LogP contribution in [0.3, 0.4) is 0 Å². The van der Waals surface area contributed by atoms with Crippen molar-refractivity contribution in [2.45, 2.75) is 43.2 Å². The number of H-pyrrole nitrogens is 1. The smallest absolute Gasteiger partial charge is 0.239 e. The molecule has 8 nitrogen and oxygen atoms in total. The first-order chi connectivity index (χ1) is 12.5. The third kappa shape index (κ3) is 2.65. The minimum Gasteiger partial charge on any atom is -0.390 e. The van der Waals surface area contributed by atoms with Crippen LogP contribution in [0, 0.1) is 0 Å². The minimum atomic E-state index is -0.602. The molecule has 1 saturated heterocycles. The van der Waals surface area contributed by atoms with Gasteiger partial charge in [0.1, 0.15) is 5.82 Å². The van der Waals surface area contributed by atoms with Gasteiger partial charge < -0.3 is 21.5 Å². The number of nitrogens with zero attached hydrogens (tertiary/aromatic N) is 3. The fourth-order valence-corrected chi connectivity index (χ4v) is 4.44. The SMILES string of the molecule is Nc1n[nH]c(CCC(=O)N2CCC3(CC2)c2ccccc2[C@@H](N)[C@@H]3O)n1. The Kier molecular flexibility index (Phi) is 4.16.